The van der Waals surface area contributed by atoms with Gasteiger partial charge in [0.1, 0.15) is 5.76 Å². The van der Waals surface area contributed by atoms with E-state index in [4.69, 9.17) is 4.52 Å². The van der Waals surface area contributed by atoms with E-state index in [2.05, 4.69) is 10.5 Å². The minimum atomic E-state index is -2.90. The molecule has 1 aromatic rings. The molecule has 2 saturated heterocycles. The molecule has 0 bridgehead atoms. The minimum Gasteiger partial charge on any atom is -0.361 e. The van der Waals surface area contributed by atoms with E-state index >= 15 is 0 Å². The van der Waals surface area contributed by atoms with Crippen molar-refractivity contribution in [1.29, 1.82) is 0 Å². The maximum atomic E-state index is 14.0. The van der Waals surface area contributed by atoms with Gasteiger partial charge in [-0.1, -0.05) is 5.16 Å². The Morgan fingerprint density at radius 3 is 2.59 bits per heavy atom. The molecule has 1 saturated carbocycles. The number of nitrogens with one attached hydrogen (secondary N) is 1. The molecule has 0 aromatic carbocycles. The van der Waals surface area contributed by atoms with Crippen LogP contribution in [0.4, 0.5) is 8.78 Å². The average molecular weight is 382 g/mol. The van der Waals surface area contributed by atoms with Crippen molar-refractivity contribution < 1.29 is 22.9 Å². The van der Waals surface area contributed by atoms with Crippen LogP contribution in [0, 0.1) is 19.8 Å². The summed E-state index contributed by atoms with van der Waals surface area (Å²) < 4.78 is 33.1. The Balaban J connectivity index is 1.37. The van der Waals surface area contributed by atoms with Gasteiger partial charge in [0.15, 0.2) is 0 Å². The molecule has 1 N–H and O–H groups in total. The van der Waals surface area contributed by atoms with E-state index in [0.29, 0.717) is 24.5 Å². The molecular formula is C18H24F2N4O3. The van der Waals surface area contributed by atoms with Crippen molar-refractivity contribution in [3.63, 3.8) is 0 Å². The van der Waals surface area contributed by atoms with Gasteiger partial charge in [-0.25, -0.2) is 8.78 Å². The second kappa shape index (κ2) is 6.54. The second-order valence-corrected chi connectivity index (χ2v) is 7.94. The highest BCUT2D eigenvalue weighted by Gasteiger charge is 2.53. The van der Waals surface area contributed by atoms with Crippen LogP contribution in [0.25, 0.3) is 0 Å². The maximum Gasteiger partial charge on any atom is 0.262 e. The molecule has 7 nitrogen and oxygen atoms in total. The van der Waals surface area contributed by atoms with E-state index in [-0.39, 0.29) is 24.4 Å². The zero-order valence-electron chi connectivity index (χ0n) is 15.5. The van der Waals surface area contributed by atoms with Crippen LogP contribution in [-0.2, 0) is 16.1 Å². The summed E-state index contributed by atoms with van der Waals surface area (Å²) in [7, 11) is 0. The molecular weight excluding hydrogens is 358 g/mol. The molecule has 1 atom stereocenters. The molecule has 1 aliphatic carbocycles. The van der Waals surface area contributed by atoms with Crippen LogP contribution in [0.5, 0.6) is 0 Å². The van der Waals surface area contributed by atoms with Gasteiger partial charge in [0.2, 0.25) is 11.8 Å². The summed E-state index contributed by atoms with van der Waals surface area (Å²) in [6.45, 7) is 4.14. The van der Waals surface area contributed by atoms with E-state index in [1.54, 1.807) is 23.6 Å². The van der Waals surface area contributed by atoms with Gasteiger partial charge in [-0.05, 0) is 26.7 Å². The van der Waals surface area contributed by atoms with E-state index in [9.17, 15) is 18.4 Å². The topological polar surface area (TPSA) is 78.7 Å². The quantitative estimate of drug-likeness (QED) is 0.829. The fourth-order valence-electron chi connectivity index (χ4n) is 3.95. The summed E-state index contributed by atoms with van der Waals surface area (Å²) in [5, 5.41) is 6.58. The third-order valence-corrected chi connectivity index (χ3v) is 5.80. The monoisotopic (exact) mass is 382 g/mol. The fourth-order valence-corrected chi connectivity index (χ4v) is 3.95. The zero-order chi connectivity index (χ0) is 19.3. The number of amides is 2. The molecule has 3 aliphatic rings. The largest absolute Gasteiger partial charge is 0.361 e. The lowest BCUT2D eigenvalue weighted by Gasteiger charge is -2.45. The number of nitrogens with zero attached hydrogens (tertiary/aromatic N) is 3. The van der Waals surface area contributed by atoms with Crippen LogP contribution < -0.4 is 5.32 Å². The number of halogens is 2. The van der Waals surface area contributed by atoms with Crippen molar-refractivity contribution >= 4 is 11.8 Å². The first-order chi connectivity index (χ1) is 12.7. The van der Waals surface area contributed by atoms with Crippen LogP contribution in [-0.4, -0.2) is 64.4 Å². The number of rotatable bonds is 5. The van der Waals surface area contributed by atoms with E-state index < -0.39 is 30.8 Å². The van der Waals surface area contributed by atoms with Crippen molar-refractivity contribution in [3.8, 4) is 0 Å². The van der Waals surface area contributed by atoms with E-state index in [0.717, 1.165) is 18.4 Å². The Labute approximate surface area is 156 Å². The van der Waals surface area contributed by atoms with Gasteiger partial charge in [0, 0.05) is 43.6 Å². The second-order valence-electron chi connectivity index (χ2n) is 7.94. The number of aromatic nitrogens is 1. The van der Waals surface area contributed by atoms with Gasteiger partial charge >= 0.3 is 0 Å². The third-order valence-electron chi connectivity index (χ3n) is 5.80. The highest BCUT2D eigenvalue weighted by atomic mass is 19.3. The molecule has 3 fully saturated rings. The molecule has 0 radical (unpaired) electrons. The van der Waals surface area contributed by atoms with Crippen molar-refractivity contribution in [1.82, 2.24) is 20.3 Å². The minimum absolute atomic E-state index is 0.122. The Hall–Kier alpha value is -2.03. The Morgan fingerprint density at radius 2 is 2.00 bits per heavy atom. The number of hydrogen-bond donors (Lipinski definition) is 1. The number of likely N-dealkylation sites (tertiary alicyclic amines) is 2. The van der Waals surface area contributed by atoms with Crippen LogP contribution >= 0.6 is 0 Å². The maximum absolute atomic E-state index is 14.0. The van der Waals surface area contributed by atoms with Crippen molar-refractivity contribution in [3.05, 3.63) is 17.0 Å². The lowest BCUT2D eigenvalue weighted by molar-refractivity contribution is -0.141. The fraction of sp³-hybridized carbons (Fsp3) is 0.722. The first-order valence-corrected chi connectivity index (χ1v) is 9.37. The summed E-state index contributed by atoms with van der Waals surface area (Å²) in [5.74, 6) is -2.46. The van der Waals surface area contributed by atoms with Gasteiger partial charge in [-0.2, -0.15) is 0 Å². The van der Waals surface area contributed by atoms with E-state index in [1.165, 1.54) is 0 Å². The predicted octanol–water partition coefficient (Wildman–Crippen LogP) is 1.24. The number of aryl methyl sites for hydroxylation is 2. The standard InChI is InChI=1S/C18H24F2N4O3/c1-10-14(11(2)27-22-10)6-21-16(25)15-5-18(19,20)9-24(15)13-7-23(8-13)17(26)12-3-4-12/h12-13,15H,3-9H2,1-2H3,(H,21,25). The van der Waals surface area contributed by atoms with Crippen LogP contribution in [0.15, 0.2) is 4.52 Å². The Kier molecular flexibility index (Phi) is 4.44. The van der Waals surface area contributed by atoms with Gasteiger partial charge in [0.05, 0.1) is 18.3 Å². The molecule has 27 heavy (non-hydrogen) atoms. The molecule has 4 rings (SSSR count). The Bertz CT molecular complexity index is 736. The first-order valence-electron chi connectivity index (χ1n) is 9.37. The van der Waals surface area contributed by atoms with Gasteiger partial charge < -0.3 is 14.7 Å². The summed E-state index contributed by atoms with van der Waals surface area (Å²) in [6, 6.07) is -1.07. The Morgan fingerprint density at radius 1 is 1.30 bits per heavy atom. The summed E-state index contributed by atoms with van der Waals surface area (Å²) in [6.07, 6.45) is 1.36. The van der Waals surface area contributed by atoms with Crippen molar-refractivity contribution in [2.75, 3.05) is 19.6 Å². The summed E-state index contributed by atoms with van der Waals surface area (Å²) >= 11 is 0. The highest BCUT2D eigenvalue weighted by molar-refractivity contribution is 5.83. The molecule has 0 spiro atoms. The molecule has 2 aliphatic heterocycles. The normalized spacial score (nSPS) is 25.5. The number of alkyl halides is 2. The zero-order valence-corrected chi connectivity index (χ0v) is 15.5. The lowest BCUT2D eigenvalue weighted by Crippen LogP contribution is -2.64. The summed E-state index contributed by atoms with van der Waals surface area (Å²) in [4.78, 5) is 28.0. The number of carbonyl (C=O) groups excluding carboxylic acids is 2. The smallest absolute Gasteiger partial charge is 0.262 e. The highest BCUT2D eigenvalue weighted by Crippen LogP contribution is 2.37. The van der Waals surface area contributed by atoms with Crippen LogP contribution in [0.3, 0.4) is 0 Å². The summed E-state index contributed by atoms with van der Waals surface area (Å²) in [5.41, 5.74) is 1.44. The van der Waals surface area contributed by atoms with Gasteiger partial charge in [0.25, 0.3) is 5.92 Å². The van der Waals surface area contributed by atoms with Gasteiger partial charge in [-0.15, -0.1) is 0 Å². The lowest BCUT2D eigenvalue weighted by atomic mass is 10.0. The van der Waals surface area contributed by atoms with Gasteiger partial charge in [-0.3, -0.25) is 14.5 Å². The third kappa shape index (κ3) is 3.56. The van der Waals surface area contributed by atoms with Crippen molar-refractivity contribution in [2.45, 2.75) is 57.7 Å². The molecule has 9 heteroatoms. The van der Waals surface area contributed by atoms with E-state index in [1.807, 2.05) is 0 Å². The average Bonchev–Trinajstić information content (AvgIpc) is 3.29. The first kappa shape index (κ1) is 18.3. The molecule has 3 heterocycles. The number of carbonyl (C=O) groups is 2. The van der Waals surface area contributed by atoms with Crippen molar-refractivity contribution in [2.24, 2.45) is 5.92 Å². The molecule has 2 amide bonds. The number of hydrogen-bond acceptors (Lipinski definition) is 5. The molecule has 1 aromatic heterocycles. The van der Waals surface area contributed by atoms with Crippen LogP contribution in [0.1, 0.15) is 36.3 Å². The molecule has 1 unspecified atom stereocenters. The van der Waals surface area contributed by atoms with Crippen LogP contribution in [0.2, 0.25) is 0 Å². The molecule has 148 valence electrons. The predicted molar refractivity (Wildman–Crippen MR) is 91.0 cm³/mol. The SMILES string of the molecule is Cc1noc(C)c1CNC(=O)C1CC(F)(F)CN1C1CN(C(=O)C2CC2)C1.